The van der Waals surface area contributed by atoms with Crippen LogP contribution in [-0.4, -0.2) is 198 Å². The molecule has 2 saturated carbocycles. The van der Waals surface area contributed by atoms with Gasteiger partial charge in [-0.1, -0.05) is 58.3 Å². The molecule has 2 N–H and O–H groups in total. The van der Waals surface area contributed by atoms with Crippen molar-refractivity contribution in [1.29, 1.82) is 0 Å². The first kappa shape index (κ1) is 93.1. The van der Waals surface area contributed by atoms with Gasteiger partial charge in [0.2, 0.25) is 0 Å². The number of aliphatic hydroxyl groups excluding tert-OH is 1. The van der Waals surface area contributed by atoms with Gasteiger partial charge in [0.25, 0.3) is 0 Å². The predicted molar refractivity (Wildman–Crippen MR) is 521 cm³/mol. The van der Waals surface area contributed by atoms with Crippen LogP contribution in [0.15, 0.2) is 220 Å². The maximum atomic E-state index is 11.5. The molecule has 8 aromatic carbocycles. The molecule has 0 saturated heterocycles. The summed E-state index contributed by atoms with van der Waals surface area (Å²) < 4.78 is 56.4. The SMILES string of the molecule is CCCN(c1ccc2ncc(-c3cnn(C)c3)nc2c1)c1cc(OC)ccc1OC.COCC(O)CN(c1cc(OC)cc(OC)c1)c1ccc2ncc(-c3cnn(C)c3)nc2c1.COc1cc(OC)cc(N(CC2(O)CCCCC2)c2ccc3ncc(-c4cnn(C)c4)nc3c2)c1.COc1cc(OC)cc(N(CCC2CCCCC2)c2ccc3ncc(-c4cnn(C)c4)nc3c2)c1. The molecule has 0 spiro atoms. The largest absolute Gasteiger partial charge is 0.497 e. The summed E-state index contributed by atoms with van der Waals surface area (Å²) in [5, 5.41) is 39.0. The first-order valence-corrected chi connectivity index (χ1v) is 44.7. The van der Waals surface area contributed by atoms with Gasteiger partial charge in [-0.15, -0.1) is 0 Å². The van der Waals surface area contributed by atoms with Crippen LogP contribution in [0.4, 0.5) is 45.5 Å². The highest BCUT2D eigenvalue weighted by atomic mass is 16.5. The monoisotopic (exact) mass is 1800 g/mol. The van der Waals surface area contributed by atoms with Gasteiger partial charge in [-0.25, -0.2) is 19.9 Å². The summed E-state index contributed by atoms with van der Waals surface area (Å²) in [6, 6.07) is 47.6. The lowest BCUT2D eigenvalue weighted by Crippen LogP contribution is -2.42. The third-order valence-corrected chi connectivity index (χ3v) is 23.9. The van der Waals surface area contributed by atoms with Crippen molar-refractivity contribution in [3.63, 3.8) is 0 Å². The Kier molecular flexibility index (Phi) is 30.4. The second-order valence-electron chi connectivity index (χ2n) is 33.3. The Morgan fingerprint density at radius 3 is 1.07 bits per heavy atom. The Morgan fingerprint density at radius 2 is 0.714 bits per heavy atom. The van der Waals surface area contributed by atoms with E-state index >= 15 is 0 Å². The molecule has 1 atom stereocenters. The first-order valence-electron chi connectivity index (χ1n) is 44.7. The number of nitrogens with zero attached hydrogens (tertiary/aromatic N) is 20. The molecule has 0 amide bonds. The van der Waals surface area contributed by atoms with E-state index < -0.39 is 11.7 Å². The molecule has 133 heavy (non-hydrogen) atoms. The molecule has 2 aliphatic carbocycles. The lowest BCUT2D eigenvalue weighted by Gasteiger charge is -2.38. The van der Waals surface area contributed by atoms with Crippen LogP contribution in [0, 0.1) is 5.92 Å². The molecule has 16 aromatic rings. The molecule has 8 aromatic heterocycles. The van der Waals surface area contributed by atoms with Gasteiger partial charge < -0.3 is 72.4 Å². The van der Waals surface area contributed by atoms with Crippen LogP contribution in [0.1, 0.15) is 84.0 Å². The van der Waals surface area contributed by atoms with Gasteiger partial charge in [0.15, 0.2) is 0 Å². The first-order chi connectivity index (χ1) is 64.7. The standard InChI is InChI=1S/C28H33N5O2.C27H31N5O3.C24H27N5O4.C23H25N5O2/c1-32-19-21(17-30-32)28-18-29-26-10-9-22(15-27(26)31-28)33(12-11-20-7-5-4-6-8-20)23-13-24(34-2)16-25(14-23)35-3;1-31-17-19(15-29-31)26-16-28-24-8-7-20(13-25(24)30-26)32(18-27(33)9-5-4-6-10-27)21-11-22(34-2)14-23(12-21)35-3;1-28-13-16(11-26-28)24-12-25-22-6-5-17(9-23(22)27-24)29(14-19(30)15-31-2)18-7-20(32-3)10-21(8-18)33-4;1-5-10-28(22-12-18(29-3)7-9-23(22)30-4)17-6-8-19-20(11-17)26-21(14-24-19)16-13-25-27(2)15-16/h9-10,13-20H,4-8,11-12H2,1-3H3;7-8,11-17,33H,4-6,9-10,18H2,1-3H3;5-13,19,30H,14-15H2,1-4H3;6-9,11-15H,5,10H2,1-4H3. The van der Waals surface area contributed by atoms with E-state index in [4.69, 9.17) is 62.6 Å². The Morgan fingerprint density at radius 1 is 0.361 bits per heavy atom. The van der Waals surface area contributed by atoms with E-state index in [-0.39, 0.29) is 6.61 Å². The van der Waals surface area contributed by atoms with E-state index in [2.05, 4.69) is 104 Å². The molecular weight excluding hydrogens is 1680 g/mol. The summed E-state index contributed by atoms with van der Waals surface area (Å²) in [6.45, 7) is 4.86. The minimum Gasteiger partial charge on any atom is -0.497 e. The van der Waals surface area contributed by atoms with Crippen molar-refractivity contribution in [3.8, 4) is 91.0 Å². The van der Waals surface area contributed by atoms with E-state index in [1.54, 1.807) is 126 Å². The van der Waals surface area contributed by atoms with E-state index in [0.717, 1.165) is 222 Å². The van der Waals surface area contributed by atoms with Gasteiger partial charge in [0.1, 0.15) is 46.0 Å². The van der Waals surface area contributed by atoms with Crippen LogP contribution in [0.5, 0.6) is 46.0 Å². The van der Waals surface area contributed by atoms with Gasteiger partial charge in [0.05, 0.1) is 210 Å². The summed E-state index contributed by atoms with van der Waals surface area (Å²) >= 11 is 0. The van der Waals surface area contributed by atoms with Crippen molar-refractivity contribution in [2.45, 2.75) is 95.7 Å². The van der Waals surface area contributed by atoms with Gasteiger partial charge in [-0.2, -0.15) is 20.4 Å². The Hall–Kier alpha value is -14.6. The number of fused-ring (bicyclic) bond motifs is 4. The lowest BCUT2D eigenvalue weighted by atomic mass is 9.84. The smallest absolute Gasteiger partial charge is 0.142 e. The number of aliphatic hydroxyl groups is 2. The van der Waals surface area contributed by atoms with Crippen LogP contribution in [0.3, 0.4) is 0 Å². The number of rotatable bonds is 31. The van der Waals surface area contributed by atoms with Crippen LogP contribution in [-0.2, 0) is 32.9 Å². The zero-order chi connectivity index (χ0) is 93.1. The fourth-order valence-corrected chi connectivity index (χ4v) is 16.9. The second kappa shape index (κ2) is 43.4. The molecule has 31 nitrogen and oxygen atoms in total. The maximum Gasteiger partial charge on any atom is 0.142 e. The van der Waals surface area contributed by atoms with Crippen LogP contribution < -0.4 is 57.5 Å². The Balaban J connectivity index is 0.000000136. The highest BCUT2D eigenvalue weighted by Gasteiger charge is 2.33. The van der Waals surface area contributed by atoms with Crippen molar-refractivity contribution in [1.82, 2.24) is 79.0 Å². The number of hydrogen-bond acceptors (Lipinski definition) is 27. The molecule has 2 aliphatic rings. The minimum atomic E-state index is -0.771. The molecule has 0 bridgehead atoms. The summed E-state index contributed by atoms with van der Waals surface area (Å²) in [5.41, 5.74) is 20.1. The van der Waals surface area contributed by atoms with Crippen molar-refractivity contribution in [2.75, 3.05) is 116 Å². The summed E-state index contributed by atoms with van der Waals surface area (Å²) in [5.74, 6) is 6.59. The van der Waals surface area contributed by atoms with Crippen molar-refractivity contribution in [3.05, 3.63) is 220 Å². The molecule has 1 unspecified atom stereocenters. The molecule has 0 radical (unpaired) electrons. The average Bonchev–Trinajstić information content (AvgIpc) is 1.41. The quantitative estimate of drug-likeness (QED) is 0.0408. The highest BCUT2D eigenvalue weighted by molar-refractivity contribution is 5.87. The topological polar surface area (TPSA) is 311 Å². The van der Waals surface area contributed by atoms with E-state index in [9.17, 15) is 10.2 Å². The van der Waals surface area contributed by atoms with Gasteiger partial charge in [0, 0.05) is 196 Å². The zero-order valence-corrected chi connectivity index (χ0v) is 78.0. The Labute approximate surface area is 774 Å². The predicted octanol–water partition coefficient (Wildman–Crippen LogP) is 18.8. The second-order valence-corrected chi connectivity index (χ2v) is 33.3. The fraction of sp³-hybridized carbons (Fsp3) is 0.333. The van der Waals surface area contributed by atoms with Crippen LogP contribution >= 0.6 is 0 Å². The number of anilines is 8. The van der Waals surface area contributed by atoms with Gasteiger partial charge in [-0.05, 0) is 117 Å². The number of aromatic nitrogens is 16. The minimum absolute atomic E-state index is 0.205. The number of methoxy groups -OCH3 is 9. The summed E-state index contributed by atoms with van der Waals surface area (Å²) in [7, 11) is 22.3. The van der Waals surface area contributed by atoms with E-state index in [0.29, 0.717) is 36.1 Å². The van der Waals surface area contributed by atoms with Gasteiger partial charge >= 0.3 is 0 Å². The number of aryl methyl sites for hydroxylation is 4. The lowest BCUT2D eigenvalue weighted by molar-refractivity contribution is 0.0128. The van der Waals surface area contributed by atoms with Crippen molar-refractivity contribution >= 4 is 89.6 Å². The van der Waals surface area contributed by atoms with Crippen LogP contribution in [0.25, 0.3) is 89.2 Å². The van der Waals surface area contributed by atoms with Crippen LogP contribution in [0.2, 0.25) is 0 Å². The van der Waals surface area contributed by atoms with Gasteiger partial charge in [-0.3, -0.25) is 38.7 Å². The third-order valence-electron chi connectivity index (χ3n) is 23.9. The molecule has 690 valence electrons. The summed E-state index contributed by atoms with van der Waals surface area (Å²) in [4.78, 5) is 46.5. The Bertz CT molecular complexity index is 6540. The normalized spacial score (nSPS) is 13.2. The van der Waals surface area contributed by atoms with Crippen molar-refractivity contribution in [2.24, 2.45) is 34.1 Å². The third kappa shape index (κ3) is 23.1. The molecule has 2 fully saturated rings. The average molecular weight is 1800 g/mol. The van der Waals surface area contributed by atoms with E-state index in [1.807, 2.05) is 167 Å². The fourth-order valence-electron chi connectivity index (χ4n) is 16.9. The number of ether oxygens (including phenoxy) is 9. The molecule has 31 heteroatoms. The molecule has 8 heterocycles. The zero-order valence-electron chi connectivity index (χ0n) is 78.0. The number of hydrogen-bond donors (Lipinski definition) is 2. The highest BCUT2D eigenvalue weighted by Crippen LogP contribution is 2.43. The molecular formula is C102H116N20O11. The molecule has 0 aliphatic heterocycles. The van der Waals surface area contributed by atoms with Crippen molar-refractivity contribution < 1.29 is 52.8 Å². The molecule has 18 rings (SSSR count). The van der Waals surface area contributed by atoms with E-state index in [1.165, 1.54) is 32.1 Å². The number of benzene rings is 8. The maximum absolute atomic E-state index is 11.5. The summed E-state index contributed by atoms with van der Waals surface area (Å²) in [6.07, 6.45) is 34.9.